The fourth-order valence-corrected chi connectivity index (χ4v) is 1.49. The van der Waals surface area contributed by atoms with Gasteiger partial charge in [-0.15, -0.1) is 0 Å². The molecule has 1 N–H and O–H groups in total. The minimum Gasteiger partial charge on any atom is -0.374 e. The Kier molecular flexibility index (Phi) is 4.60. The molecule has 1 rings (SSSR count). The summed E-state index contributed by atoms with van der Waals surface area (Å²) in [5.74, 6) is -1.11. The lowest BCUT2D eigenvalue weighted by atomic mass is 10.1. The molecule has 2 nitrogen and oxygen atoms in total. The van der Waals surface area contributed by atoms with Crippen LogP contribution in [-0.2, 0) is 4.74 Å². The zero-order valence-electron chi connectivity index (χ0n) is 10.7. The standard InChI is InChI=1S/C13H19F2NO/c1-13(2,3)17-8-11(16-4)12-9(14)6-5-7-10(12)15/h5-7,11,16H,8H2,1-4H3. The van der Waals surface area contributed by atoms with Crippen LogP contribution in [0.25, 0.3) is 0 Å². The van der Waals surface area contributed by atoms with Crippen molar-refractivity contribution in [3.63, 3.8) is 0 Å². The number of rotatable bonds is 4. The maximum atomic E-state index is 13.6. The van der Waals surface area contributed by atoms with Crippen LogP contribution in [-0.4, -0.2) is 19.3 Å². The molecular formula is C13H19F2NO. The van der Waals surface area contributed by atoms with Crippen molar-refractivity contribution in [3.05, 3.63) is 35.4 Å². The van der Waals surface area contributed by atoms with Gasteiger partial charge in [0.05, 0.1) is 18.2 Å². The highest BCUT2D eigenvalue weighted by atomic mass is 19.1. The van der Waals surface area contributed by atoms with E-state index in [-0.39, 0.29) is 17.8 Å². The highest BCUT2D eigenvalue weighted by molar-refractivity contribution is 5.23. The van der Waals surface area contributed by atoms with E-state index in [4.69, 9.17) is 4.74 Å². The number of halogens is 2. The number of hydrogen-bond acceptors (Lipinski definition) is 2. The van der Waals surface area contributed by atoms with Crippen LogP contribution in [0, 0.1) is 11.6 Å². The molecule has 17 heavy (non-hydrogen) atoms. The van der Waals surface area contributed by atoms with Gasteiger partial charge in [0.15, 0.2) is 0 Å². The molecular weight excluding hydrogens is 224 g/mol. The van der Waals surface area contributed by atoms with Crippen LogP contribution >= 0.6 is 0 Å². The third kappa shape index (κ3) is 4.06. The predicted octanol–water partition coefficient (Wildman–Crippen LogP) is 3.04. The lowest BCUT2D eigenvalue weighted by molar-refractivity contribution is -0.0147. The average Bonchev–Trinajstić information content (AvgIpc) is 2.21. The van der Waals surface area contributed by atoms with Crippen molar-refractivity contribution in [2.45, 2.75) is 32.4 Å². The molecule has 0 fully saturated rings. The first-order chi connectivity index (χ1) is 7.85. The number of likely N-dealkylation sites (N-methyl/N-ethyl adjacent to an activating group) is 1. The summed E-state index contributed by atoms with van der Waals surface area (Å²) in [4.78, 5) is 0. The van der Waals surface area contributed by atoms with Crippen molar-refractivity contribution < 1.29 is 13.5 Å². The molecule has 1 aromatic rings. The Balaban J connectivity index is 2.87. The highest BCUT2D eigenvalue weighted by Gasteiger charge is 2.21. The molecule has 0 amide bonds. The third-order valence-electron chi connectivity index (χ3n) is 2.38. The summed E-state index contributed by atoms with van der Waals surface area (Å²) in [7, 11) is 1.66. The minimum atomic E-state index is -0.554. The predicted molar refractivity (Wildman–Crippen MR) is 63.9 cm³/mol. The summed E-state index contributed by atoms with van der Waals surface area (Å²) in [6.45, 7) is 5.92. The van der Waals surface area contributed by atoms with E-state index in [1.54, 1.807) is 7.05 Å². The van der Waals surface area contributed by atoms with E-state index in [0.717, 1.165) is 0 Å². The largest absolute Gasteiger partial charge is 0.374 e. The average molecular weight is 243 g/mol. The second kappa shape index (κ2) is 5.56. The molecule has 4 heteroatoms. The second-order valence-electron chi connectivity index (χ2n) is 4.90. The van der Waals surface area contributed by atoms with Crippen LogP contribution < -0.4 is 5.32 Å². The molecule has 0 aliphatic heterocycles. The molecule has 0 bridgehead atoms. The SMILES string of the molecule is CNC(COC(C)(C)C)c1c(F)cccc1F. The quantitative estimate of drug-likeness (QED) is 0.877. The maximum absolute atomic E-state index is 13.6. The van der Waals surface area contributed by atoms with Gasteiger partial charge in [-0.2, -0.15) is 0 Å². The molecule has 0 radical (unpaired) electrons. The van der Waals surface area contributed by atoms with Gasteiger partial charge in [0, 0.05) is 5.56 Å². The van der Waals surface area contributed by atoms with E-state index < -0.39 is 17.7 Å². The molecule has 0 aliphatic carbocycles. The van der Waals surface area contributed by atoms with Crippen LogP contribution in [0.5, 0.6) is 0 Å². The summed E-state index contributed by atoms with van der Waals surface area (Å²) < 4.78 is 32.7. The number of ether oxygens (including phenoxy) is 1. The number of hydrogen-bond donors (Lipinski definition) is 1. The van der Waals surface area contributed by atoms with Gasteiger partial charge >= 0.3 is 0 Å². The molecule has 0 spiro atoms. The fourth-order valence-electron chi connectivity index (χ4n) is 1.49. The van der Waals surface area contributed by atoms with Gasteiger partial charge in [0.2, 0.25) is 0 Å². The van der Waals surface area contributed by atoms with Crippen LogP contribution in [0.2, 0.25) is 0 Å². The molecule has 96 valence electrons. The Morgan fingerprint density at radius 3 is 2.18 bits per heavy atom. The topological polar surface area (TPSA) is 21.3 Å². The summed E-state index contributed by atoms with van der Waals surface area (Å²) in [6.07, 6.45) is 0. The van der Waals surface area contributed by atoms with Crippen LogP contribution in [0.15, 0.2) is 18.2 Å². The zero-order chi connectivity index (χ0) is 13.1. The monoisotopic (exact) mass is 243 g/mol. The van der Waals surface area contributed by atoms with Crippen LogP contribution in [0.1, 0.15) is 32.4 Å². The van der Waals surface area contributed by atoms with Crippen LogP contribution in [0.3, 0.4) is 0 Å². The van der Waals surface area contributed by atoms with Gasteiger partial charge < -0.3 is 10.1 Å². The summed E-state index contributed by atoms with van der Waals surface area (Å²) in [6, 6.07) is 3.36. The van der Waals surface area contributed by atoms with E-state index in [9.17, 15) is 8.78 Å². The molecule has 1 unspecified atom stereocenters. The first kappa shape index (κ1) is 14.1. The zero-order valence-corrected chi connectivity index (χ0v) is 10.7. The second-order valence-corrected chi connectivity index (χ2v) is 4.90. The van der Waals surface area contributed by atoms with E-state index in [2.05, 4.69) is 5.32 Å². The minimum absolute atomic E-state index is 0.0271. The fraction of sp³-hybridized carbons (Fsp3) is 0.538. The molecule has 0 saturated heterocycles. The van der Waals surface area contributed by atoms with Gasteiger partial charge in [-0.05, 0) is 40.0 Å². The molecule has 0 aromatic heterocycles. The highest BCUT2D eigenvalue weighted by Crippen LogP contribution is 2.22. The first-order valence-corrected chi connectivity index (χ1v) is 5.60. The Morgan fingerprint density at radius 1 is 1.24 bits per heavy atom. The van der Waals surface area contributed by atoms with Crippen molar-refractivity contribution in [2.75, 3.05) is 13.7 Å². The first-order valence-electron chi connectivity index (χ1n) is 5.60. The van der Waals surface area contributed by atoms with Gasteiger partial charge in [-0.1, -0.05) is 6.07 Å². The summed E-state index contributed by atoms with van der Waals surface area (Å²) in [5.41, 5.74) is -0.309. The van der Waals surface area contributed by atoms with Gasteiger partial charge in [0.25, 0.3) is 0 Å². The van der Waals surface area contributed by atoms with E-state index in [1.165, 1.54) is 18.2 Å². The van der Waals surface area contributed by atoms with Crippen molar-refractivity contribution in [1.29, 1.82) is 0 Å². The maximum Gasteiger partial charge on any atom is 0.131 e. The molecule has 0 heterocycles. The Morgan fingerprint density at radius 2 is 1.76 bits per heavy atom. The van der Waals surface area contributed by atoms with Crippen molar-refractivity contribution >= 4 is 0 Å². The van der Waals surface area contributed by atoms with Crippen molar-refractivity contribution in [2.24, 2.45) is 0 Å². The third-order valence-corrected chi connectivity index (χ3v) is 2.38. The number of nitrogens with one attached hydrogen (secondary N) is 1. The van der Waals surface area contributed by atoms with Crippen LogP contribution in [0.4, 0.5) is 8.78 Å². The molecule has 1 atom stereocenters. The van der Waals surface area contributed by atoms with E-state index in [0.29, 0.717) is 0 Å². The Hall–Kier alpha value is -1.00. The molecule has 1 aromatic carbocycles. The lowest BCUT2D eigenvalue weighted by Crippen LogP contribution is -2.29. The van der Waals surface area contributed by atoms with Gasteiger partial charge in [0.1, 0.15) is 11.6 Å². The Labute approximate surface area is 101 Å². The van der Waals surface area contributed by atoms with Gasteiger partial charge in [-0.25, -0.2) is 8.78 Å². The van der Waals surface area contributed by atoms with E-state index >= 15 is 0 Å². The molecule has 0 saturated carbocycles. The summed E-state index contributed by atoms with van der Waals surface area (Å²) in [5, 5.41) is 2.87. The number of benzene rings is 1. The normalized spacial score (nSPS) is 13.8. The Bertz CT molecular complexity index is 354. The van der Waals surface area contributed by atoms with Crippen molar-refractivity contribution in [1.82, 2.24) is 5.32 Å². The smallest absolute Gasteiger partial charge is 0.131 e. The summed E-state index contributed by atoms with van der Waals surface area (Å²) >= 11 is 0. The lowest BCUT2D eigenvalue weighted by Gasteiger charge is -2.25. The van der Waals surface area contributed by atoms with Crippen molar-refractivity contribution in [3.8, 4) is 0 Å². The molecule has 0 aliphatic rings. The van der Waals surface area contributed by atoms with E-state index in [1.807, 2.05) is 20.8 Å². The van der Waals surface area contributed by atoms with Gasteiger partial charge in [-0.3, -0.25) is 0 Å².